The predicted octanol–water partition coefficient (Wildman–Crippen LogP) is 3.49. The summed E-state index contributed by atoms with van der Waals surface area (Å²) in [6.07, 6.45) is 9.15. The summed E-state index contributed by atoms with van der Waals surface area (Å²) in [6.45, 7) is 0. The van der Waals surface area contributed by atoms with Crippen molar-refractivity contribution >= 4 is 22.2 Å². The molecule has 3 N–H and O–H groups in total. The van der Waals surface area contributed by atoms with Crippen LogP contribution in [0.4, 0.5) is 0 Å². The van der Waals surface area contributed by atoms with Gasteiger partial charge in [-0.2, -0.15) is 8.42 Å². The molecule has 2 saturated carbocycles. The van der Waals surface area contributed by atoms with Crippen LogP contribution < -0.4 is 0 Å². The third-order valence-corrected chi connectivity index (χ3v) is 8.04. The minimum absolute atomic E-state index is 0.0715. The standard InChI is InChI=1S/C15H28O7S2/c16-13(5-1-3-7-14(9-10-14)23-22-21-17)6-2-4-8-15(11-12-15)24(18,19)20/h13,16-17H,1-12H2,(H,18,19,20). The van der Waals surface area contributed by atoms with Gasteiger partial charge in [-0.1, -0.05) is 30.7 Å². The van der Waals surface area contributed by atoms with Crippen LogP contribution in [0, 0.1) is 0 Å². The van der Waals surface area contributed by atoms with Gasteiger partial charge >= 0.3 is 0 Å². The van der Waals surface area contributed by atoms with Gasteiger partial charge in [0, 0.05) is 16.8 Å². The van der Waals surface area contributed by atoms with Crippen LogP contribution in [0.5, 0.6) is 0 Å². The zero-order valence-electron chi connectivity index (χ0n) is 13.9. The molecule has 9 heteroatoms. The van der Waals surface area contributed by atoms with Gasteiger partial charge in [-0.15, -0.1) is 4.33 Å². The van der Waals surface area contributed by atoms with Crippen LogP contribution in [-0.2, 0) is 19.5 Å². The molecule has 0 aromatic rings. The summed E-state index contributed by atoms with van der Waals surface area (Å²) in [7, 11) is -3.92. The van der Waals surface area contributed by atoms with Crippen LogP contribution in [0.15, 0.2) is 0 Å². The Morgan fingerprint density at radius 1 is 1.00 bits per heavy atom. The first kappa shape index (κ1) is 20.4. The molecule has 1 atom stereocenters. The lowest BCUT2D eigenvalue weighted by molar-refractivity contribution is -0.432. The number of aliphatic hydroxyl groups is 1. The Hall–Kier alpha value is 0.1000. The van der Waals surface area contributed by atoms with E-state index in [0.29, 0.717) is 25.7 Å². The van der Waals surface area contributed by atoms with Gasteiger partial charge in [0.15, 0.2) is 0 Å². The van der Waals surface area contributed by atoms with E-state index in [9.17, 15) is 18.1 Å². The number of hydrogen-bond donors (Lipinski definition) is 3. The zero-order valence-corrected chi connectivity index (χ0v) is 15.5. The largest absolute Gasteiger partial charge is 0.393 e. The number of hydrogen-bond acceptors (Lipinski definition) is 7. The fourth-order valence-electron chi connectivity index (χ4n) is 3.18. The molecule has 2 aliphatic carbocycles. The molecule has 0 spiro atoms. The maximum absolute atomic E-state index is 11.2. The monoisotopic (exact) mass is 384 g/mol. The van der Waals surface area contributed by atoms with Crippen molar-refractivity contribution in [1.82, 2.24) is 0 Å². The van der Waals surface area contributed by atoms with E-state index in [2.05, 4.69) is 9.37 Å². The fourth-order valence-corrected chi connectivity index (χ4v) is 4.87. The molecule has 142 valence electrons. The lowest BCUT2D eigenvalue weighted by atomic mass is 10.0. The molecule has 2 aliphatic rings. The van der Waals surface area contributed by atoms with E-state index in [4.69, 9.17) is 5.26 Å². The minimum atomic E-state index is -3.92. The lowest BCUT2D eigenvalue weighted by Crippen LogP contribution is -2.22. The topological polar surface area (TPSA) is 113 Å². The van der Waals surface area contributed by atoms with Gasteiger partial charge in [-0.3, -0.25) is 4.55 Å². The van der Waals surface area contributed by atoms with Gasteiger partial charge in [0.25, 0.3) is 10.1 Å². The number of rotatable bonds is 14. The summed E-state index contributed by atoms with van der Waals surface area (Å²) < 4.78 is 35.4. The summed E-state index contributed by atoms with van der Waals surface area (Å²) in [5.74, 6) is 0. The van der Waals surface area contributed by atoms with Crippen molar-refractivity contribution in [3.8, 4) is 0 Å². The van der Waals surface area contributed by atoms with Gasteiger partial charge in [0.05, 0.1) is 10.9 Å². The highest BCUT2D eigenvalue weighted by Gasteiger charge is 2.53. The van der Waals surface area contributed by atoms with Crippen LogP contribution >= 0.6 is 12.0 Å². The second kappa shape index (κ2) is 8.66. The molecule has 0 saturated heterocycles. The van der Waals surface area contributed by atoms with E-state index in [1.807, 2.05) is 0 Å². The molecule has 0 aromatic heterocycles. The Kier molecular flexibility index (Phi) is 7.36. The Labute approximate surface area is 147 Å². The smallest absolute Gasteiger partial charge is 0.270 e. The van der Waals surface area contributed by atoms with Crippen LogP contribution in [0.25, 0.3) is 0 Å². The maximum atomic E-state index is 11.2. The SMILES string of the molecule is O=S(=O)(O)C1(CCCCC(O)CCCCC2(SOOO)CC2)CC1. The lowest BCUT2D eigenvalue weighted by Gasteiger charge is -2.14. The molecular weight excluding hydrogens is 356 g/mol. The van der Waals surface area contributed by atoms with Crippen LogP contribution in [-0.4, -0.2) is 38.9 Å². The molecule has 1 unspecified atom stereocenters. The fraction of sp³-hybridized carbons (Fsp3) is 1.00. The van der Waals surface area contributed by atoms with Crippen molar-refractivity contribution < 1.29 is 32.7 Å². The third-order valence-electron chi connectivity index (χ3n) is 5.24. The van der Waals surface area contributed by atoms with Gasteiger partial charge < -0.3 is 5.11 Å². The highest BCUT2D eigenvalue weighted by atomic mass is 32.2. The average molecular weight is 385 g/mol. The Bertz CT molecular complexity index is 486. The molecular formula is C15H28O7S2. The van der Waals surface area contributed by atoms with Crippen molar-refractivity contribution in [3.05, 3.63) is 0 Å². The van der Waals surface area contributed by atoms with E-state index in [0.717, 1.165) is 51.4 Å². The van der Waals surface area contributed by atoms with E-state index in [1.165, 1.54) is 12.0 Å². The van der Waals surface area contributed by atoms with Crippen molar-refractivity contribution in [2.75, 3.05) is 0 Å². The summed E-state index contributed by atoms with van der Waals surface area (Å²) in [6, 6.07) is 0. The first-order valence-electron chi connectivity index (χ1n) is 8.64. The van der Waals surface area contributed by atoms with Gasteiger partial charge in [-0.05, 0) is 51.4 Å². The normalized spacial score (nSPS) is 22.3. The molecule has 2 fully saturated rings. The van der Waals surface area contributed by atoms with E-state index < -0.39 is 14.9 Å². The zero-order chi connectivity index (χ0) is 17.7. The van der Waals surface area contributed by atoms with E-state index in [1.54, 1.807) is 0 Å². The quantitative estimate of drug-likeness (QED) is 0.137. The van der Waals surface area contributed by atoms with Crippen molar-refractivity contribution in [2.45, 2.75) is 92.6 Å². The van der Waals surface area contributed by atoms with Crippen LogP contribution in [0.3, 0.4) is 0 Å². The molecule has 0 amide bonds. The minimum Gasteiger partial charge on any atom is -0.393 e. The first-order chi connectivity index (χ1) is 11.3. The van der Waals surface area contributed by atoms with Gasteiger partial charge in [0.1, 0.15) is 0 Å². The van der Waals surface area contributed by atoms with Crippen molar-refractivity contribution in [2.24, 2.45) is 0 Å². The molecule has 0 aliphatic heterocycles. The second-order valence-electron chi connectivity index (χ2n) is 7.21. The Morgan fingerprint density at radius 2 is 1.58 bits per heavy atom. The molecule has 0 heterocycles. The van der Waals surface area contributed by atoms with E-state index in [-0.39, 0.29) is 10.9 Å². The molecule has 0 radical (unpaired) electrons. The summed E-state index contributed by atoms with van der Waals surface area (Å²) in [4.78, 5) is 0. The maximum Gasteiger partial charge on any atom is 0.270 e. The van der Waals surface area contributed by atoms with E-state index >= 15 is 0 Å². The molecule has 24 heavy (non-hydrogen) atoms. The highest BCUT2D eigenvalue weighted by Crippen LogP contribution is 2.52. The summed E-state index contributed by atoms with van der Waals surface area (Å²) >= 11 is 1.17. The van der Waals surface area contributed by atoms with Crippen LogP contribution in [0.1, 0.15) is 77.0 Å². The van der Waals surface area contributed by atoms with Crippen LogP contribution in [0.2, 0.25) is 0 Å². The van der Waals surface area contributed by atoms with Gasteiger partial charge in [0.2, 0.25) is 0 Å². The highest BCUT2D eigenvalue weighted by molar-refractivity contribution is 7.96. The molecule has 2 rings (SSSR count). The predicted molar refractivity (Wildman–Crippen MR) is 90.8 cm³/mol. The van der Waals surface area contributed by atoms with Gasteiger partial charge in [-0.25, -0.2) is 5.26 Å². The van der Waals surface area contributed by atoms with Crippen molar-refractivity contribution in [1.29, 1.82) is 0 Å². The molecule has 0 bridgehead atoms. The Balaban J connectivity index is 1.48. The average Bonchev–Trinajstić information content (AvgIpc) is 3.42. The Morgan fingerprint density at radius 3 is 2.04 bits per heavy atom. The van der Waals surface area contributed by atoms with Crippen molar-refractivity contribution in [3.63, 3.8) is 0 Å². The summed E-state index contributed by atoms with van der Waals surface area (Å²) in [5, 5.41) is 21.8. The summed E-state index contributed by atoms with van der Waals surface area (Å²) in [5.41, 5.74) is 0. The number of unbranched alkanes of at least 4 members (excludes halogenated alkanes) is 2. The second-order valence-corrected chi connectivity index (χ2v) is 10.2. The third kappa shape index (κ3) is 6.12. The molecule has 7 nitrogen and oxygen atoms in total. The number of aliphatic hydroxyl groups excluding tert-OH is 1. The first-order valence-corrected chi connectivity index (χ1v) is 10.8. The molecule has 0 aromatic carbocycles.